The molecule has 0 aromatic heterocycles. The first-order valence-corrected chi connectivity index (χ1v) is 21.9. The Morgan fingerprint density at radius 1 is 0.489 bits per heavy atom. The Balaban J connectivity index is 3.75. The van der Waals surface area contributed by atoms with E-state index in [1.165, 1.54) is 167 Å². The summed E-state index contributed by atoms with van der Waals surface area (Å²) in [6.07, 6.45) is 39.5. The Morgan fingerprint density at radius 3 is 1.15 bits per heavy atom. The van der Waals surface area contributed by atoms with Gasteiger partial charge in [0, 0.05) is 13.0 Å². The maximum Gasteiger partial charge on any atom is 0.469 e. The van der Waals surface area contributed by atoms with Crippen LogP contribution in [0.3, 0.4) is 0 Å². The third-order valence-electron chi connectivity index (χ3n) is 9.16. The lowest BCUT2D eigenvalue weighted by molar-refractivity contribution is -0.154. The first kappa shape index (κ1) is 46.5. The Bertz CT molecular complexity index is 684. The van der Waals surface area contributed by atoms with Crippen LogP contribution in [-0.4, -0.2) is 41.7 Å². The van der Waals surface area contributed by atoms with Crippen LogP contribution in [0.1, 0.15) is 219 Å². The smallest absolute Gasteiger partial charge is 0.457 e. The monoisotopic (exact) mass is 691 g/mol. The molecule has 2 N–H and O–H groups in total. The van der Waals surface area contributed by atoms with Gasteiger partial charge in [0.15, 0.2) is 0 Å². The number of ether oxygens (including phenoxy) is 2. The molecule has 0 spiro atoms. The molecular formula is C39H79O7P. The molecule has 0 aliphatic heterocycles. The highest BCUT2D eigenvalue weighted by Gasteiger charge is 2.21. The van der Waals surface area contributed by atoms with Crippen molar-refractivity contribution in [1.29, 1.82) is 0 Å². The fraction of sp³-hybridized carbons (Fsp3) is 0.974. The molecule has 0 aromatic rings. The van der Waals surface area contributed by atoms with Gasteiger partial charge in [-0.05, 0) is 12.8 Å². The fourth-order valence-corrected chi connectivity index (χ4v) is 6.51. The van der Waals surface area contributed by atoms with Crippen LogP contribution in [0.25, 0.3) is 0 Å². The number of carbonyl (C=O) groups excluding carboxylic acids is 1. The molecule has 7 nitrogen and oxygen atoms in total. The molecule has 0 heterocycles. The fourth-order valence-electron chi connectivity index (χ4n) is 6.15. The van der Waals surface area contributed by atoms with Crippen molar-refractivity contribution in [3.05, 3.63) is 0 Å². The van der Waals surface area contributed by atoms with Crippen LogP contribution in [0.4, 0.5) is 0 Å². The second-order valence-electron chi connectivity index (χ2n) is 14.0. The van der Waals surface area contributed by atoms with E-state index in [9.17, 15) is 9.36 Å². The van der Waals surface area contributed by atoms with E-state index in [4.69, 9.17) is 19.3 Å². The van der Waals surface area contributed by atoms with E-state index in [2.05, 4.69) is 18.4 Å². The largest absolute Gasteiger partial charge is 0.469 e. The van der Waals surface area contributed by atoms with Gasteiger partial charge in [0.05, 0.1) is 13.2 Å². The molecule has 0 aliphatic carbocycles. The highest BCUT2D eigenvalue weighted by atomic mass is 31.2. The van der Waals surface area contributed by atoms with Crippen molar-refractivity contribution in [2.45, 2.75) is 225 Å². The summed E-state index contributed by atoms with van der Waals surface area (Å²) in [6, 6.07) is 0. The first-order valence-electron chi connectivity index (χ1n) is 20.4. The molecule has 0 saturated heterocycles. The molecule has 0 aliphatic rings. The van der Waals surface area contributed by atoms with Crippen LogP contribution in [0.2, 0.25) is 0 Å². The quantitative estimate of drug-likeness (QED) is 0.0376. The summed E-state index contributed by atoms with van der Waals surface area (Å²) in [7, 11) is -4.64. The molecule has 0 fully saturated rings. The second kappa shape index (κ2) is 36.8. The van der Waals surface area contributed by atoms with Crippen molar-refractivity contribution in [2.24, 2.45) is 0 Å². The number of hydrogen-bond acceptors (Lipinski definition) is 5. The van der Waals surface area contributed by atoms with Crippen LogP contribution in [0.15, 0.2) is 0 Å². The van der Waals surface area contributed by atoms with E-state index in [-0.39, 0.29) is 19.2 Å². The van der Waals surface area contributed by atoms with E-state index < -0.39 is 13.9 Å². The molecule has 0 unspecified atom stereocenters. The van der Waals surface area contributed by atoms with Crippen molar-refractivity contribution in [1.82, 2.24) is 0 Å². The zero-order valence-corrected chi connectivity index (χ0v) is 32.1. The van der Waals surface area contributed by atoms with E-state index in [0.29, 0.717) is 13.0 Å². The lowest BCUT2D eigenvalue weighted by atomic mass is 10.0. The average Bonchev–Trinajstić information content (AvgIpc) is 3.04. The summed E-state index contributed by atoms with van der Waals surface area (Å²) in [6.45, 7) is 4.80. The predicted octanol–water partition coefficient (Wildman–Crippen LogP) is 12.5. The van der Waals surface area contributed by atoms with Crippen molar-refractivity contribution in [3.63, 3.8) is 0 Å². The number of unbranched alkanes of at least 4 members (excludes halogenated alkanes) is 29. The van der Waals surface area contributed by atoms with Crippen LogP contribution < -0.4 is 0 Å². The van der Waals surface area contributed by atoms with Gasteiger partial charge in [-0.3, -0.25) is 9.32 Å². The molecule has 282 valence electrons. The number of esters is 1. The SMILES string of the molecule is CCCCCCCCCCCCCCCCCCCC(=O)O[C@H](COCCCCCCCCCCCCCCCC)COP(=O)(O)O. The van der Waals surface area contributed by atoms with Crippen molar-refractivity contribution in [3.8, 4) is 0 Å². The van der Waals surface area contributed by atoms with Gasteiger partial charge < -0.3 is 19.3 Å². The molecule has 8 heteroatoms. The van der Waals surface area contributed by atoms with Gasteiger partial charge in [-0.1, -0.05) is 200 Å². The van der Waals surface area contributed by atoms with Crippen LogP contribution >= 0.6 is 7.82 Å². The molecule has 47 heavy (non-hydrogen) atoms. The number of carbonyl (C=O) groups is 1. The van der Waals surface area contributed by atoms with Gasteiger partial charge in [0.25, 0.3) is 0 Å². The minimum absolute atomic E-state index is 0.0865. The Hall–Kier alpha value is -0.460. The van der Waals surface area contributed by atoms with E-state index in [1.807, 2.05) is 0 Å². The summed E-state index contributed by atoms with van der Waals surface area (Å²) in [5.74, 6) is -0.356. The lowest BCUT2D eigenvalue weighted by Crippen LogP contribution is -2.28. The van der Waals surface area contributed by atoms with E-state index in [0.717, 1.165) is 32.1 Å². The summed E-state index contributed by atoms with van der Waals surface area (Å²) in [5, 5.41) is 0. The first-order chi connectivity index (χ1) is 22.9. The second-order valence-corrected chi connectivity index (χ2v) is 15.2. The van der Waals surface area contributed by atoms with Crippen LogP contribution in [0.5, 0.6) is 0 Å². The summed E-state index contributed by atoms with van der Waals surface area (Å²) in [5.41, 5.74) is 0. The van der Waals surface area contributed by atoms with E-state index >= 15 is 0 Å². The van der Waals surface area contributed by atoms with Gasteiger partial charge >= 0.3 is 13.8 Å². The molecule has 0 amide bonds. The summed E-state index contributed by atoms with van der Waals surface area (Å²) < 4.78 is 27.0. The zero-order valence-electron chi connectivity index (χ0n) is 31.2. The normalized spacial score (nSPS) is 12.5. The highest BCUT2D eigenvalue weighted by Crippen LogP contribution is 2.36. The van der Waals surface area contributed by atoms with Crippen LogP contribution in [0, 0.1) is 0 Å². The van der Waals surface area contributed by atoms with Crippen LogP contribution in [-0.2, 0) is 23.4 Å². The Kier molecular flexibility index (Phi) is 36.5. The topological polar surface area (TPSA) is 102 Å². The highest BCUT2D eigenvalue weighted by molar-refractivity contribution is 7.46. The van der Waals surface area contributed by atoms with E-state index in [1.54, 1.807) is 0 Å². The standard InChI is InChI=1S/C39H79O7P/c1-3-5-7-9-11-13-15-17-19-20-21-22-24-26-28-30-32-34-39(40)46-38(37-45-47(41,42)43)36-44-35-33-31-29-27-25-23-18-16-14-12-10-8-6-4-2/h38H,3-37H2,1-2H3,(H2,41,42,43)/t38-/m1/s1. The third kappa shape index (κ3) is 39.9. The number of phosphoric acid groups is 1. The zero-order chi connectivity index (χ0) is 34.5. The van der Waals surface area contributed by atoms with Crippen molar-refractivity contribution in [2.75, 3.05) is 19.8 Å². The van der Waals surface area contributed by atoms with Crippen molar-refractivity contribution < 1.29 is 33.1 Å². The molecule has 0 saturated carbocycles. The molecule has 0 rings (SSSR count). The Morgan fingerprint density at radius 2 is 0.809 bits per heavy atom. The molecular weight excluding hydrogens is 611 g/mol. The molecule has 1 atom stereocenters. The summed E-state index contributed by atoms with van der Waals surface area (Å²) >= 11 is 0. The van der Waals surface area contributed by atoms with Gasteiger partial charge in [0.2, 0.25) is 0 Å². The lowest BCUT2D eigenvalue weighted by Gasteiger charge is -2.18. The maximum atomic E-state index is 12.4. The average molecular weight is 691 g/mol. The minimum atomic E-state index is -4.64. The molecule has 0 aromatic carbocycles. The molecule has 0 radical (unpaired) electrons. The number of rotatable bonds is 39. The minimum Gasteiger partial charge on any atom is -0.457 e. The maximum absolute atomic E-state index is 12.4. The van der Waals surface area contributed by atoms with Gasteiger partial charge in [-0.15, -0.1) is 0 Å². The van der Waals surface area contributed by atoms with Crippen molar-refractivity contribution >= 4 is 13.8 Å². The van der Waals surface area contributed by atoms with Gasteiger partial charge in [-0.2, -0.15) is 0 Å². The number of phosphoric ester groups is 1. The van der Waals surface area contributed by atoms with Gasteiger partial charge in [0.1, 0.15) is 6.10 Å². The van der Waals surface area contributed by atoms with Gasteiger partial charge in [-0.25, -0.2) is 4.57 Å². The number of hydrogen-bond donors (Lipinski definition) is 2. The predicted molar refractivity (Wildman–Crippen MR) is 198 cm³/mol. The summed E-state index contributed by atoms with van der Waals surface area (Å²) in [4.78, 5) is 30.6. The molecule has 0 bridgehead atoms. The Labute approximate surface area is 291 Å². The third-order valence-corrected chi connectivity index (χ3v) is 9.64.